The Morgan fingerprint density at radius 2 is 1.77 bits per heavy atom. The summed E-state index contributed by atoms with van der Waals surface area (Å²) in [7, 11) is 0. The summed E-state index contributed by atoms with van der Waals surface area (Å²) in [5.41, 5.74) is -1.00. The number of benzene rings is 2. The second-order valence-electron chi connectivity index (χ2n) is 11.1. The summed E-state index contributed by atoms with van der Waals surface area (Å²) < 4.78 is 77.5. The molecule has 1 amide bonds. The highest BCUT2D eigenvalue weighted by molar-refractivity contribution is 5.85. The van der Waals surface area contributed by atoms with Crippen LogP contribution in [0.25, 0.3) is 0 Å². The predicted molar refractivity (Wildman–Crippen MR) is 135 cm³/mol. The molecule has 2 aromatic carbocycles. The monoisotopic (exact) mass is 553 g/mol. The molecule has 2 aromatic rings. The van der Waals surface area contributed by atoms with Crippen LogP contribution in [0.5, 0.6) is 0 Å². The van der Waals surface area contributed by atoms with E-state index in [1.54, 1.807) is 26.0 Å². The van der Waals surface area contributed by atoms with Gasteiger partial charge in [0.25, 0.3) is 5.91 Å². The summed E-state index contributed by atoms with van der Waals surface area (Å²) in [4.78, 5) is 13.6. The van der Waals surface area contributed by atoms with Gasteiger partial charge in [0, 0.05) is 19.4 Å². The summed E-state index contributed by atoms with van der Waals surface area (Å²) in [6, 6.07) is 10.7. The van der Waals surface area contributed by atoms with Gasteiger partial charge in [0.05, 0.1) is 31.0 Å². The zero-order valence-corrected chi connectivity index (χ0v) is 22.5. The van der Waals surface area contributed by atoms with Gasteiger partial charge in [-0.15, -0.1) is 0 Å². The van der Waals surface area contributed by atoms with Crippen LogP contribution in [0.15, 0.2) is 48.5 Å². The van der Waals surface area contributed by atoms with Gasteiger partial charge in [0.2, 0.25) is 0 Å². The van der Waals surface area contributed by atoms with Gasteiger partial charge in [-0.05, 0) is 55.2 Å². The maximum atomic E-state index is 13.8. The van der Waals surface area contributed by atoms with Crippen molar-refractivity contribution in [3.63, 3.8) is 0 Å². The van der Waals surface area contributed by atoms with Crippen molar-refractivity contribution in [3.8, 4) is 0 Å². The number of halogens is 4. The number of fused-ring (bicyclic) bond motifs is 1. The van der Waals surface area contributed by atoms with Crippen LogP contribution in [0.3, 0.4) is 0 Å². The number of amides is 1. The van der Waals surface area contributed by atoms with Crippen molar-refractivity contribution >= 4 is 5.91 Å². The first-order valence-electron chi connectivity index (χ1n) is 13.1. The molecule has 1 saturated carbocycles. The Bertz CT molecular complexity index is 1140. The quantitative estimate of drug-likeness (QED) is 0.400. The molecule has 1 heterocycles. The van der Waals surface area contributed by atoms with Crippen LogP contribution in [0.1, 0.15) is 57.2 Å². The Hall–Kier alpha value is -2.53. The molecule has 1 saturated heterocycles. The molecule has 2 fully saturated rings. The molecule has 1 N–H and O–H groups in total. The molecule has 0 unspecified atom stereocenters. The summed E-state index contributed by atoms with van der Waals surface area (Å²) >= 11 is 0. The fraction of sp³-hybridized carbons (Fsp3) is 0.552. The highest BCUT2D eigenvalue weighted by Gasteiger charge is 2.58. The lowest BCUT2D eigenvalue weighted by Gasteiger charge is -2.43. The summed E-state index contributed by atoms with van der Waals surface area (Å²) in [6.07, 6.45) is -5.83. The molecular formula is C29H35F4NO5. The van der Waals surface area contributed by atoms with Crippen LogP contribution in [-0.2, 0) is 43.1 Å². The Morgan fingerprint density at radius 3 is 2.41 bits per heavy atom. The fourth-order valence-corrected chi connectivity index (χ4v) is 5.01. The number of carbonyl (C=O) groups excluding carboxylic acids is 1. The molecule has 0 bridgehead atoms. The predicted octanol–water partition coefficient (Wildman–Crippen LogP) is 5.77. The topological polar surface area (TPSA) is 66.0 Å². The highest BCUT2D eigenvalue weighted by atomic mass is 19.4. The third-order valence-corrected chi connectivity index (χ3v) is 6.88. The van der Waals surface area contributed by atoms with E-state index in [1.165, 1.54) is 24.3 Å². The van der Waals surface area contributed by atoms with E-state index in [-0.39, 0.29) is 37.9 Å². The molecular weight excluding hydrogens is 518 g/mol. The van der Waals surface area contributed by atoms with E-state index in [1.807, 2.05) is 13.8 Å². The van der Waals surface area contributed by atoms with Crippen LogP contribution < -0.4 is 5.32 Å². The molecule has 4 atom stereocenters. The Balaban J connectivity index is 1.58. The third kappa shape index (κ3) is 7.36. The number of carbonyl (C=O) groups is 1. The lowest BCUT2D eigenvalue weighted by Crippen LogP contribution is -2.60. The average molecular weight is 554 g/mol. The van der Waals surface area contributed by atoms with Crippen LogP contribution in [0.2, 0.25) is 0 Å². The zero-order valence-electron chi connectivity index (χ0n) is 22.5. The molecule has 39 heavy (non-hydrogen) atoms. The number of ether oxygens (including phenoxy) is 4. The van der Waals surface area contributed by atoms with Crippen LogP contribution in [0.4, 0.5) is 17.6 Å². The molecule has 10 heteroatoms. The standard InChI is InChI=1S/C29H35F4NO5/c1-18(2)15-34-26(35)28(37-17-20-6-5-7-22(30)12-20)13-23(25-24(14-28)38-27(3,4)39-25)36-16-19-8-10-21(11-9-19)29(31,32)33/h5-12,18,23-25H,13-17H2,1-4H3,(H,34,35)/t23-,24-,25+,28-/m1/s1. The van der Waals surface area contributed by atoms with E-state index in [9.17, 15) is 22.4 Å². The third-order valence-electron chi connectivity index (χ3n) is 6.88. The Kier molecular flexibility index (Phi) is 8.70. The Labute approximate surface area is 226 Å². The maximum absolute atomic E-state index is 13.8. The Morgan fingerprint density at radius 1 is 1.05 bits per heavy atom. The first-order valence-corrected chi connectivity index (χ1v) is 13.1. The fourth-order valence-electron chi connectivity index (χ4n) is 5.01. The molecule has 2 aliphatic rings. The molecule has 0 spiro atoms. The van der Waals surface area contributed by atoms with Crippen molar-refractivity contribution < 1.29 is 41.3 Å². The van der Waals surface area contributed by atoms with E-state index in [0.717, 1.165) is 12.1 Å². The largest absolute Gasteiger partial charge is 0.416 e. The normalized spacial score (nSPS) is 26.4. The van der Waals surface area contributed by atoms with Gasteiger partial charge in [-0.2, -0.15) is 13.2 Å². The molecule has 4 rings (SSSR count). The zero-order chi connectivity index (χ0) is 28.4. The number of hydrogen-bond donors (Lipinski definition) is 1. The summed E-state index contributed by atoms with van der Waals surface area (Å²) in [5.74, 6) is -1.48. The number of nitrogens with one attached hydrogen (secondary N) is 1. The second-order valence-corrected chi connectivity index (χ2v) is 11.1. The van der Waals surface area contributed by atoms with Crippen molar-refractivity contribution in [2.24, 2.45) is 5.92 Å². The number of hydrogen-bond acceptors (Lipinski definition) is 5. The summed E-state index contributed by atoms with van der Waals surface area (Å²) in [6.45, 7) is 7.91. The van der Waals surface area contributed by atoms with Crippen LogP contribution in [-0.4, -0.2) is 42.2 Å². The van der Waals surface area contributed by atoms with Gasteiger partial charge in [0.1, 0.15) is 11.9 Å². The van der Waals surface area contributed by atoms with E-state index in [2.05, 4.69) is 5.32 Å². The first kappa shape index (κ1) is 29.5. The minimum atomic E-state index is -4.43. The van der Waals surface area contributed by atoms with Crippen LogP contribution >= 0.6 is 0 Å². The maximum Gasteiger partial charge on any atom is 0.416 e. The molecule has 1 aliphatic heterocycles. The van der Waals surface area contributed by atoms with Gasteiger partial charge in [-0.3, -0.25) is 4.79 Å². The lowest BCUT2D eigenvalue weighted by atomic mass is 9.78. The van der Waals surface area contributed by atoms with Crippen molar-refractivity contribution in [1.29, 1.82) is 0 Å². The second kappa shape index (κ2) is 11.5. The van der Waals surface area contributed by atoms with E-state index >= 15 is 0 Å². The lowest BCUT2D eigenvalue weighted by molar-refractivity contribution is -0.183. The van der Waals surface area contributed by atoms with Gasteiger partial charge in [0.15, 0.2) is 11.4 Å². The molecule has 1 aliphatic carbocycles. The summed E-state index contributed by atoms with van der Waals surface area (Å²) in [5, 5.41) is 2.96. The van der Waals surface area contributed by atoms with Gasteiger partial charge in [-0.1, -0.05) is 38.1 Å². The van der Waals surface area contributed by atoms with Crippen molar-refractivity contribution in [3.05, 3.63) is 71.0 Å². The highest BCUT2D eigenvalue weighted by Crippen LogP contribution is 2.44. The molecule has 214 valence electrons. The van der Waals surface area contributed by atoms with E-state index < -0.39 is 47.3 Å². The molecule has 6 nitrogen and oxygen atoms in total. The van der Waals surface area contributed by atoms with Gasteiger partial charge in [-0.25, -0.2) is 4.39 Å². The van der Waals surface area contributed by atoms with Crippen molar-refractivity contribution in [1.82, 2.24) is 5.32 Å². The number of rotatable bonds is 9. The molecule has 0 radical (unpaired) electrons. The molecule has 0 aromatic heterocycles. The minimum Gasteiger partial charge on any atom is -0.371 e. The average Bonchev–Trinajstić information content (AvgIpc) is 3.18. The van der Waals surface area contributed by atoms with Crippen molar-refractivity contribution in [2.75, 3.05) is 6.54 Å². The number of alkyl halides is 3. The van der Waals surface area contributed by atoms with E-state index in [0.29, 0.717) is 17.7 Å². The smallest absolute Gasteiger partial charge is 0.371 e. The first-order chi connectivity index (χ1) is 18.3. The van der Waals surface area contributed by atoms with E-state index in [4.69, 9.17) is 18.9 Å². The van der Waals surface area contributed by atoms with Gasteiger partial charge < -0.3 is 24.3 Å². The van der Waals surface area contributed by atoms with Gasteiger partial charge >= 0.3 is 6.18 Å². The van der Waals surface area contributed by atoms with Crippen molar-refractivity contribution in [2.45, 2.75) is 89.6 Å². The SMILES string of the molecule is CC(C)CNC(=O)[C@@]1(OCc2cccc(F)c2)C[C@@H](OCc2ccc(C(F)(F)F)cc2)[C@@H]2OC(C)(C)O[C@@H]2C1. The minimum absolute atomic E-state index is 0.00338. The van der Waals surface area contributed by atoms with Crippen LogP contribution in [0, 0.1) is 11.7 Å².